The van der Waals surface area contributed by atoms with Crippen LogP contribution < -0.4 is 0 Å². The summed E-state index contributed by atoms with van der Waals surface area (Å²) < 4.78 is 2.87. The van der Waals surface area contributed by atoms with Crippen LogP contribution in [0, 0.1) is 0 Å². The van der Waals surface area contributed by atoms with Gasteiger partial charge in [0.25, 0.3) is 0 Å². The van der Waals surface area contributed by atoms with Gasteiger partial charge in [-0.25, -0.2) is 0 Å². The second-order valence-corrected chi connectivity index (χ2v) is 11.9. The minimum atomic E-state index is 0.232. The van der Waals surface area contributed by atoms with E-state index in [1.54, 1.807) is 0 Å². The van der Waals surface area contributed by atoms with Gasteiger partial charge in [-0.1, -0.05) is 0 Å². The Morgan fingerprint density at radius 2 is 1.03 bits per heavy atom. The SMILES string of the molecule is c1ccc(-c2nc(-c3ccccc3)nc(-c3cc4c5ccccc5[se]c4c4c3ccc3ccccc34)n2)cc1. The van der Waals surface area contributed by atoms with Gasteiger partial charge in [0, 0.05) is 0 Å². The van der Waals surface area contributed by atoms with Crippen molar-refractivity contribution in [2.24, 2.45) is 0 Å². The first-order valence-electron chi connectivity index (χ1n) is 13.0. The fourth-order valence-corrected chi connectivity index (χ4v) is 8.10. The molecule has 0 unspecified atom stereocenters. The number of hydrogen-bond donors (Lipinski definition) is 0. The molecule has 39 heavy (non-hydrogen) atoms. The minimum absolute atomic E-state index is 0.232. The molecule has 0 N–H and O–H groups in total. The number of rotatable bonds is 3. The maximum atomic E-state index is 5.09. The Kier molecular flexibility index (Phi) is 5.15. The Hall–Kier alpha value is -4.63. The molecule has 0 amide bonds. The zero-order valence-corrected chi connectivity index (χ0v) is 22.6. The van der Waals surface area contributed by atoms with E-state index in [2.05, 4.69) is 91.0 Å². The molecular formula is C35H21N3Se. The zero-order chi connectivity index (χ0) is 25.8. The van der Waals surface area contributed by atoms with Crippen LogP contribution in [0.15, 0.2) is 127 Å². The number of nitrogens with zero attached hydrogens (tertiary/aromatic N) is 3. The van der Waals surface area contributed by atoms with Gasteiger partial charge in [0.1, 0.15) is 0 Å². The third-order valence-electron chi connectivity index (χ3n) is 7.31. The summed E-state index contributed by atoms with van der Waals surface area (Å²) in [7, 11) is 0. The van der Waals surface area contributed by atoms with Gasteiger partial charge in [-0.05, 0) is 0 Å². The van der Waals surface area contributed by atoms with Gasteiger partial charge >= 0.3 is 232 Å². The predicted octanol–water partition coefficient (Wildman–Crippen LogP) is 8.54. The normalized spacial score (nSPS) is 11.6. The van der Waals surface area contributed by atoms with Crippen molar-refractivity contribution in [3.05, 3.63) is 127 Å². The van der Waals surface area contributed by atoms with E-state index in [0.29, 0.717) is 17.5 Å². The van der Waals surface area contributed by atoms with E-state index >= 15 is 0 Å². The van der Waals surface area contributed by atoms with Crippen molar-refractivity contribution < 1.29 is 0 Å². The quantitative estimate of drug-likeness (QED) is 0.160. The molecule has 0 aliphatic rings. The summed E-state index contributed by atoms with van der Waals surface area (Å²) in [5, 5.41) is 7.66. The molecule has 4 heteroatoms. The van der Waals surface area contributed by atoms with Crippen molar-refractivity contribution in [2.45, 2.75) is 0 Å². The van der Waals surface area contributed by atoms with E-state index < -0.39 is 0 Å². The molecule has 8 rings (SSSR count). The number of aromatic nitrogens is 3. The number of fused-ring (bicyclic) bond motifs is 7. The maximum absolute atomic E-state index is 5.09. The van der Waals surface area contributed by atoms with Gasteiger partial charge in [-0.2, -0.15) is 0 Å². The summed E-state index contributed by atoms with van der Waals surface area (Å²) in [5.41, 5.74) is 2.99. The van der Waals surface area contributed by atoms with E-state index in [1.165, 1.54) is 40.8 Å². The Labute approximate surface area is 231 Å². The molecule has 2 aromatic heterocycles. The van der Waals surface area contributed by atoms with Crippen LogP contribution in [0.3, 0.4) is 0 Å². The first-order chi connectivity index (χ1) is 19.3. The van der Waals surface area contributed by atoms with Gasteiger partial charge in [-0.3, -0.25) is 0 Å². The summed E-state index contributed by atoms with van der Waals surface area (Å²) >= 11 is 0.232. The summed E-state index contributed by atoms with van der Waals surface area (Å²) in [4.78, 5) is 15.1. The molecule has 0 fully saturated rings. The molecule has 0 radical (unpaired) electrons. The topological polar surface area (TPSA) is 38.7 Å². The van der Waals surface area contributed by atoms with Crippen molar-refractivity contribution in [1.82, 2.24) is 15.0 Å². The van der Waals surface area contributed by atoms with Crippen molar-refractivity contribution in [3.8, 4) is 34.2 Å². The molecule has 0 aliphatic heterocycles. The van der Waals surface area contributed by atoms with E-state index in [9.17, 15) is 0 Å². The third kappa shape index (κ3) is 3.69. The van der Waals surface area contributed by atoms with Crippen LogP contribution in [0.5, 0.6) is 0 Å². The van der Waals surface area contributed by atoms with Crippen LogP contribution in [0.1, 0.15) is 0 Å². The van der Waals surface area contributed by atoms with Crippen LogP contribution in [0.25, 0.3) is 75.0 Å². The predicted molar refractivity (Wildman–Crippen MR) is 163 cm³/mol. The molecule has 0 bridgehead atoms. The molecular weight excluding hydrogens is 541 g/mol. The molecule has 6 aromatic carbocycles. The molecule has 0 saturated heterocycles. The summed E-state index contributed by atoms with van der Waals surface area (Å²) in [6, 6.07) is 44.7. The van der Waals surface area contributed by atoms with E-state index in [-0.39, 0.29) is 14.5 Å². The summed E-state index contributed by atoms with van der Waals surface area (Å²) in [5.74, 6) is 2.06. The second-order valence-electron chi connectivity index (χ2n) is 9.65. The summed E-state index contributed by atoms with van der Waals surface area (Å²) in [6.45, 7) is 0. The molecule has 0 spiro atoms. The first-order valence-corrected chi connectivity index (χ1v) is 14.7. The summed E-state index contributed by atoms with van der Waals surface area (Å²) in [6.07, 6.45) is 0. The Bertz CT molecular complexity index is 2110. The van der Waals surface area contributed by atoms with Crippen LogP contribution in [-0.4, -0.2) is 29.5 Å². The fraction of sp³-hybridized carbons (Fsp3) is 0. The Morgan fingerprint density at radius 3 is 1.74 bits per heavy atom. The molecule has 182 valence electrons. The molecule has 0 atom stereocenters. The van der Waals surface area contributed by atoms with Gasteiger partial charge in [-0.15, -0.1) is 0 Å². The van der Waals surface area contributed by atoms with Gasteiger partial charge in [0.05, 0.1) is 0 Å². The number of benzene rings is 6. The Morgan fingerprint density at radius 1 is 0.436 bits per heavy atom. The average molecular weight is 563 g/mol. The molecule has 0 aliphatic carbocycles. The van der Waals surface area contributed by atoms with Crippen molar-refractivity contribution >= 4 is 55.3 Å². The van der Waals surface area contributed by atoms with E-state index in [4.69, 9.17) is 15.0 Å². The van der Waals surface area contributed by atoms with Crippen molar-refractivity contribution in [2.75, 3.05) is 0 Å². The van der Waals surface area contributed by atoms with Crippen LogP contribution in [-0.2, 0) is 0 Å². The molecule has 3 nitrogen and oxygen atoms in total. The fourth-order valence-electron chi connectivity index (χ4n) is 5.47. The zero-order valence-electron chi connectivity index (χ0n) is 20.9. The van der Waals surface area contributed by atoms with Crippen molar-refractivity contribution in [3.63, 3.8) is 0 Å². The standard InChI is InChI=1S/C35H21N3Se/c1-3-12-23(13-4-1)33-36-34(24-14-5-2-6-15-24)38-35(37-33)29-21-28-26-17-9-10-18-30(26)39-32(28)31-25-16-8-7-11-22(25)19-20-27(29)31/h1-21H. The monoisotopic (exact) mass is 563 g/mol. The third-order valence-corrected chi connectivity index (χ3v) is 9.84. The van der Waals surface area contributed by atoms with Gasteiger partial charge < -0.3 is 0 Å². The molecule has 8 aromatic rings. The average Bonchev–Trinajstić information content (AvgIpc) is 3.39. The van der Waals surface area contributed by atoms with E-state index in [1.807, 2.05) is 36.4 Å². The Balaban J connectivity index is 1.52. The van der Waals surface area contributed by atoms with Crippen LogP contribution >= 0.6 is 0 Å². The van der Waals surface area contributed by atoms with Crippen LogP contribution in [0.2, 0.25) is 0 Å². The molecule has 0 saturated carbocycles. The second kappa shape index (κ2) is 8.99. The van der Waals surface area contributed by atoms with E-state index in [0.717, 1.165) is 16.7 Å². The van der Waals surface area contributed by atoms with Gasteiger partial charge in [0.15, 0.2) is 0 Å². The van der Waals surface area contributed by atoms with Crippen molar-refractivity contribution in [1.29, 1.82) is 0 Å². The number of hydrogen-bond acceptors (Lipinski definition) is 3. The molecule has 2 heterocycles. The van der Waals surface area contributed by atoms with Crippen LogP contribution in [0.4, 0.5) is 0 Å². The van der Waals surface area contributed by atoms with Gasteiger partial charge in [0.2, 0.25) is 0 Å². The first kappa shape index (κ1) is 22.4.